The fourth-order valence-corrected chi connectivity index (χ4v) is 2.04. The van der Waals surface area contributed by atoms with E-state index >= 15 is 0 Å². The van der Waals surface area contributed by atoms with Gasteiger partial charge in [0.25, 0.3) is 0 Å². The number of benzene rings is 2. The number of nitrogens with two attached hydrogens (primary N) is 1. The smallest absolute Gasteiger partial charge is 0.0644 e. The molecule has 0 heterocycles. The van der Waals surface area contributed by atoms with Crippen molar-refractivity contribution in [2.24, 2.45) is 0 Å². The molecule has 0 unspecified atom stereocenters. The molecule has 0 radical (unpaired) electrons. The molecule has 0 saturated carbocycles. The zero-order chi connectivity index (χ0) is 13.3. The molecule has 3 N–H and O–H groups in total. The first-order valence-electron chi connectivity index (χ1n) is 5.56. The largest absolute Gasteiger partial charge is 0.398 e. The lowest BCUT2D eigenvalue weighted by atomic mass is 10.1. The highest BCUT2D eigenvalue weighted by Gasteiger charge is 2.05. The van der Waals surface area contributed by atoms with Gasteiger partial charge >= 0.3 is 0 Å². The minimum Gasteiger partial charge on any atom is -0.398 e. The Balaban J connectivity index is 2.34. The third-order valence-corrected chi connectivity index (χ3v) is 3.53. The third kappa shape index (κ3) is 2.71. The highest BCUT2D eigenvalue weighted by molar-refractivity contribution is 6.35. The molecular weight excluding hydrogens is 267 g/mol. The van der Waals surface area contributed by atoms with Gasteiger partial charge in [-0.15, -0.1) is 0 Å². The van der Waals surface area contributed by atoms with Gasteiger partial charge in [-0.1, -0.05) is 29.3 Å². The molecule has 0 aliphatic heterocycles. The Morgan fingerprint density at radius 1 is 0.944 bits per heavy atom. The van der Waals surface area contributed by atoms with Crippen LogP contribution in [-0.2, 0) is 0 Å². The summed E-state index contributed by atoms with van der Waals surface area (Å²) in [5, 5.41) is 4.53. The first-order chi connectivity index (χ1) is 8.47. The zero-order valence-corrected chi connectivity index (χ0v) is 11.7. The molecule has 0 aliphatic rings. The van der Waals surface area contributed by atoms with Crippen LogP contribution in [0, 0.1) is 13.8 Å². The van der Waals surface area contributed by atoms with Gasteiger partial charge in [0.2, 0.25) is 0 Å². The molecule has 0 fully saturated rings. The molecular formula is C14H14Cl2N2. The van der Waals surface area contributed by atoms with E-state index < -0.39 is 0 Å². The van der Waals surface area contributed by atoms with Crippen LogP contribution >= 0.6 is 23.2 Å². The predicted molar refractivity (Wildman–Crippen MR) is 80.1 cm³/mol. The molecule has 0 aliphatic carbocycles. The van der Waals surface area contributed by atoms with Crippen molar-refractivity contribution in [1.82, 2.24) is 0 Å². The van der Waals surface area contributed by atoms with Crippen molar-refractivity contribution in [2.75, 3.05) is 11.1 Å². The number of anilines is 3. The van der Waals surface area contributed by atoms with Crippen LogP contribution in [0.3, 0.4) is 0 Å². The summed E-state index contributed by atoms with van der Waals surface area (Å²) in [4.78, 5) is 0. The van der Waals surface area contributed by atoms with E-state index in [1.54, 1.807) is 0 Å². The van der Waals surface area contributed by atoms with Crippen molar-refractivity contribution in [3.8, 4) is 0 Å². The molecule has 0 spiro atoms. The topological polar surface area (TPSA) is 38.0 Å². The first kappa shape index (κ1) is 13.1. The van der Waals surface area contributed by atoms with Crippen LogP contribution in [0.25, 0.3) is 0 Å². The van der Waals surface area contributed by atoms with Gasteiger partial charge in [-0.3, -0.25) is 0 Å². The maximum atomic E-state index is 6.17. The van der Waals surface area contributed by atoms with E-state index in [1.807, 2.05) is 44.2 Å². The Bertz CT molecular complexity index is 595. The van der Waals surface area contributed by atoms with Crippen LogP contribution in [0.15, 0.2) is 30.3 Å². The lowest BCUT2D eigenvalue weighted by Gasteiger charge is -2.11. The molecule has 0 aromatic heterocycles. The highest BCUT2D eigenvalue weighted by Crippen LogP contribution is 2.31. The average molecular weight is 281 g/mol. The number of nitrogen functional groups attached to an aromatic ring is 1. The Morgan fingerprint density at radius 2 is 1.67 bits per heavy atom. The minimum atomic E-state index is 0.635. The molecule has 0 atom stereocenters. The molecule has 94 valence electrons. The number of hydrogen-bond acceptors (Lipinski definition) is 2. The summed E-state index contributed by atoms with van der Waals surface area (Å²) in [5.74, 6) is 0. The van der Waals surface area contributed by atoms with Crippen LogP contribution in [0.1, 0.15) is 11.1 Å². The average Bonchev–Trinajstić information content (AvgIpc) is 2.31. The normalized spacial score (nSPS) is 10.4. The van der Waals surface area contributed by atoms with Gasteiger partial charge in [0, 0.05) is 16.4 Å². The maximum absolute atomic E-state index is 6.17. The predicted octanol–water partition coefficient (Wildman–Crippen LogP) is 4.94. The lowest BCUT2D eigenvalue weighted by molar-refractivity contribution is 1.43. The Hall–Kier alpha value is -1.38. The summed E-state index contributed by atoms with van der Waals surface area (Å²) in [7, 11) is 0. The fourth-order valence-electron chi connectivity index (χ4n) is 1.62. The molecule has 0 amide bonds. The van der Waals surface area contributed by atoms with Gasteiger partial charge in [0.15, 0.2) is 0 Å². The summed E-state index contributed by atoms with van der Waals surface area (Å²) < 4.78 is 0. The number of rotatable bonds is 2. The van der Waals surface area contributed by atoms with Crippen molar-refractivity contribution in [3.63, 3.8) is 0 Å². The van der Waals surface area contributed by atoms with Gasteiger partial charge in [-0.25, -0.2) is 0 Å². The molecule has 2 rings (SSSR count). The molecule has 2 nitrogen and oxygen atoms in total. The Morgan fingerprint density at radius 3 is 2.33 bits per heavy atom. The number of nitrogens with one attached hydrogen (secondary N) is 1. The SMILES string of the molecule is Cc1ccc(Nc2cc(Cl)c(C)cc2Cl)cc1N. The van der Waals surface area contributed by atoms with E-state index in [4.69, 9.17) is 28.9 Å². The second-order valence-electron chi connectivity index (χ2n) is 4.28. The van der Waals surface area contributed by atoms with Crippen molar-refractivity contribution < 1.29 is 0 Å². The first-order valence-corrected chi connectivity index (χ1v) is 6.32. The van der Waals surface area contributed by atoms with Crippen LogP contribution in [0.2, 0.25) is 10.0 Å². The van der Waals surface area contributed by atoms with Gasteiger partial charge in [0.1, 0.15) is 0 Å². The molecule has 2 aromatic carbocycles. The van der Waals surface area contributed by atoms with E-state index in [0.717, 1.165) is 28.2 Å². The maximum Gasteiger partial charge on any atom is 0.0644 e. The van der Waals surface area contributed by atoms with Crippen LogP contribution in [0.5, 0.6) is 0 Å². The second kappa shape index (κ2) is 5.09. The van der Waals surface area contributed by atoms with Crippen molar-refractivity contribution >= 4 is 40.3 Å². The molecule has 0 saturated heterocycles. The summed E-state index contributed by atoms with van der Waals surface area (Å²) in [6.07, 6.45) is 0. The number of halogens is 2. The molecule has 2 aromatic rings. The Kier molecular flexibility index (Phi) is 3.69. The second-order valence-corrected chi connectivity index (χ2v) is 5.09. The zero-order valence-electron chi connectivity index (χ0n) is 10.2. The minimum absolute atomic E-state index is 0.635. The van der Waals surface area contributed by atoms with Gasteiger partial charge in [-0.05, 0) is 49.2 Å². The van der Waals surface area contributed by atoms with E-state index in [-0.39, 0.29) is 0 Å². The lowest BCUT2D eigenvalue weighted by Crippen LogP contribution is -1.95. The van der Waals surface area contributed by atoms with E-state index in [2.05, 4.69) is 5.32 Å². The molecule has 18 heavy (non-hydrogen) atoms. The van der Waals surface area contributed by atoms with E-state index in [9.17, 15) is 0 Å². The monoisotopic (exact) mass is 280 g/mol. The highest BCUT2D eigenvalue weighted by atomic mass is 35.5. The number of hydrogen-bond donors (Lipinski definition) is 2. The third-order valence-electron chi connectivity index (χ3n) is 2.81. The molecule has 0 bridgehead atoms. The van der Waals surface area contributed by atoms with Crippen LogP contribution < -0.4 is 11.1 Å². The van der Waals surface area contributed by atoms with Gasteiger partial charge in [0.05, 0.1) is 10.7 Å². The summed E-state index contributed by atoms with van der Waals surface area (Å²) in [6, 6.07) is 9.44. The Labute approximate surface area is 117 Å². The summed E-state index contributed by atoms with van der Waals surface area (Å²) in [6.45, 7) is 3.89. The number of aryl methyl sites for hydroxylation is 2. The standard InChI is InChI=1S/C14H14Cl2N2/c1-8-3-4-10(6-13(8)17)18-14-7-11(15)9(2)5-12(14)16/h3-7,18H,17H2,1-2H3. The van der Waals surface area contributed by atoms with E-state index in [1.165, 1.54) is 0 Å². The van der Waals surface area contributed by atoms with E-state index in [0.29, 0.717) is 10.0 Å². The van der Waals surface area contributed by atoms with Gasteiger partial charge < -0.3 is 11.1 Å². The van der Waals surface area contributed by atoms with Crippen molar-refractivity contribution in [3.05, 3.63) is 51.5 Å². The van der Waals surface area contributed by atoms with Gasteiger partial charge in [-0.2, -0.15) is 0 Å². The van der Waals surface area contributed by atoms with Crippen molar-refractivity contribution in [1.29, 1.82) is 0 Å². The van der Waals surface area contributed by atoms with Crippen molar-refractivity contribution in [2.45, 2.75) is 13.8 Å². The summed E-state index contributed by atoms with van der Waals surface area (Å²) in [5.41, 5.74) is 10.3. The quantitative estimate of drug-likeness (QED) is 0.765. The summed E-state index contributed by atoms with van der Waals surface area (Å²) >= 11 is 12.3. The molecule has 4 heteroatoms. The fraction of sp³-hybridized carbons (Fsp3) is 0.143. The van der Waals surface area contributed by atoms with Crippen LogP contribution in [-0.4, -0.2) is 0 Å². The van der Waals surface area contributed by atoms with Crippen LogP contribution in [0.4, 0.5) is 17.1 Å².